The SMILES string of the molecule is CCCCc1nc(N)c2[nH]cc(CCCCCN3CCC3)c2n1. The molecule has 3 heterocycles. The highest BCUT2D eigenvalue weighted by atomic mass is 15.2. The van der Waals surface area contributed by atoms with Gasteiger partial charge in [-0.05, 0) is 57.3 Å². The van der Waals surface area contributed by atoms with Crippen LogP contribution in [0.25, 0.3) is 11.0 Å². The normalized spacial score (nSPS) is 15.2. The number of anilines is 1. The Morgan fingerprint density at radius 1 is 1.13 bits per heavy atom. The molecule has 0 spiro atoms. The van der Waals surface area contributed by atoms with E-state index in [0.29, 0.717) is 5.82 Å². The Balaban J connectivity index is 1.57. The number of aromatic amines is 1. The van der Waals surface area contributed by atoms with Crippen molar-refractivity contribution in [3.05, 3.63) is 17.6 Å². The quantitative estimate of drug-likeness (QED) is 0.697. The van der Waals surface area contributed by atoms with Crippen molar-refractivity contribution in [2.24, 2.45) is 0 Å². The molecular formula is C18H29N5. The van der Waals surface area contributed by atoms with Crippen LogP contribution < -0.4 is 5.73 Å². The van der Waals surface area contributed by atoms with E-state index in [9.17, 15) is 0 Å². The topological polar surface area (TPSA) is 70.8 Å². The Bertz CT molecular complexity index is 630. The zero-order valence-corrected chi connectivity index (χ0v) is 14.3. The highest BCUT2D eigenvalue weighted by Gasteiger charge is 2.13. The summed E-state index contributed by atoms with van der Waals surface area (Å²) in [6.07, 6.45) is 11.5. The monoisotopic (exact) mass is 315 g/mol. The van der Waals surface area contributed by atoms with Gasteiger partial charge in [-0.2, -0.15) is 0 Å². The Labute approximate surface area is 138 Å². The third-order valence-corrected chi connectivity index (χ3v) is 4.80. The number of hydrogen-bond acceptors (Lipinski definition) is 4. The number of nitrogens with two attached hydrogens (primary N) is 1. The summed E-state index contributed by atoms with van der Waals surface area (Å²) in [7, 11) is 0. The summed E-state index contributed by atoms with van der Waals surface area (Å²) in [4.78, 5) is 15.0. The van der Waals surface area contributed by atoms with E-state index in [2.05, 4.69) is 28.0 Å². The van der Waals surface area contributed by atoms with Gasteiger partial charge in [0.2, 0.25) is 0 Å². The fourth-order valence-corrected chi connectivity index (χ4v) is 3.20. The third kappa shape index (κ3) is 4.02. The summed E-state index contributed by atoms with van der Waals surface area (Å²) in [6.45, 7) is 6.06. The first kappa shape index (κ1) is 16.2. The van der Waals surface area contributed by atoms with Crippen LogP contribution in [0, 0.1) is 0 Å². The molecule has 2 aromatic heterocycles. The molecule has 0 saturated carbocycles. The maximum Gasteiger partial charge on any atom is 0.151 e. The van der Waals surface area contributed by atoms with Gasteiger partial charge in [-0.3, -0.25) is 0 Å². The van der Waals surface area contributed by atoms with E-state index in [1.165, 1.54) is 50.9 Å². The number of nitrogens with zero attached hydrogens (tertiary/aromatic N) is 3. The zero-order valence-electron chi connectivity index (χ0n) is 14.3. The summed E-state index contributed by atoms with van der Waals surface area (Å²) in [5.41, 5.74) is 9.31. The van der Waals surface area contributed by atoms with Gasteiger partial charge in [-0.25, -0.2) is 9.97 Å². The van der Waals surface area contributed by atoms with E-state index in [4.69, 9.17) is 10.7 Å². The van der Waals surface area contributed by atoms with Crippen molar-refractivity contribution in [1.29, 1.82) is 0 Å². The fourth-order valence-electron chi connectivity index (χ4n) is 3.20. The van der Waals surface area contributed by atoms with E-state index in [-0.39, 0.29) is 0 Å². The van der Waals surface area contributed by atoms with Crippen molar-refractivity contribution in [2.75, 3.05) is 25.4 Å². The second-order valence-electron chi connectivity index (χ2n) is 6.67. The third-order valence-electron chi connectivity index (χ3n) is 4.80. The number of rotatable bonds is 9. The lowest BCUT2D eigenvalue weighted by molar-refractivity contribution is 0.178. The lowest BCUT2D eigenvalue weighted by Crippen LogP contribution is -2.37. The molecule has 0 radical (unpaired) electrons. The number of aryl methyl sites for hydroxylation is 2. The predicted molar refractivity (Wildman–Crippen MR) is 95.5 cm³/mol. The van der Waals surface area contributed by atoms with Crippen LogP contribution in [0.2, 0.25) is 0 Å². The van der Waals surface area contributed by atoms with Gasteiger partial charge in [0.15, 0.2) is 5.82 Å². The lowest BCUT2D eigenvalue weighted by atomic mass is 10.1. The molecule has 0 aromatic carbocycles. The van der Waals surface area contributed by atoms with Crippen LogP contribution in [0.4, 0.5) is 5.82 Å². The molecule has 1 fully saturated rings. The van der Waals surface area contributed by atoms with E-state index in [1.54, 1.807) is 0 Å². The van der Waals surface area contributed by atoms with Crippen LogP contribution in [0.5, 0.6) is 0 Å². The van der Waals surface area contributed by atoms with Gasteiger partial charge in [0.25, 0.3) is 0 Å². The molecule has 3 rings (SSSR count). The number of unbranched alkanes of at least 4 members (excludes halogenated alkanes) is 3. The van der Waals surface area contributed by atoms with Gasteiger partial charge in [0, 0.05) is 12.6 Å². The largest absolute Gasteiger partial charge is 0.382 e. The number of H-pyrrole nitrogens is 1. The summed E-state index contributed by atoms with van der Waals surface area (Å²) < 4.78 is 0. The minimum absolute atomic E-state index is 0.588. The molecule has 2 aromatic rings. The predicted octanol–water partition coefficient (Wildman–Crippen LogP) is 3.30. The maximum atomic E-state index is 6.09. The molecule has 0 aliphatic carbocycles. The number of fused-ring (bicyclic) bond motifs is 1. The molecule has 0 unspecified atom stereocenters. The summed E-state index contributed by atoms with van der Waals surface area (Å²) in [6, 6.07) is 0. The molecule has 23 heavy (non-hydrogen) atoms. The molecule has 5 nitrogen and oxygen atoms in total. The molecular weight excluding hydrogens is 286 g/mol. The van der Waals surface area contributed by atoms with Crippen molar-refractivity contribution < 1.29 is 0 Å². The molecule has 5 heteroatoms. The van der Waals surface area contributed by atoms with Crippen molar-refractivity contribution in [1.82, 2.24) is 19.9 Å². The van der Waals surface area contributed by atoms with Crippen LogP contribution in [-0.2, 0) is 12.8 Å². The van der Waals surface area contributed by atoms with E-state index in [1.807, 2.05) is 0 Å². The van der Waals surface area contributed by atoms with E-state index in [0.717, 1.165) is 42.5 Å². The Hall–Kier alpha value is -1.62. The molecule has 0 atom stereocenters. The standard InChI is InChI=1S/C18H29N5/c1-2-3-9-15-21-16-14(13-20-17(16)18(19)22-15)8-5-4-6-10-23-11-7-12-23/h13,20H,2-12H2,1H3,(H2,19,21,22). The first-order chi connectivity index (χ1) is 11.3. The molecule has 1 aliphatic rings. The second kappa shape index (κ2) is 7.77. The van der Waals surface area contributed by atoms with Crippen molar-refractivity contribution in [2.45, 2.75) is 58.3 Å². The Morgan fingerprint density at radius 2 is 2.00 bits per heavy atom. The van der Waals surface area contributed by atoms with Crippen LogP contribution in [-0.4, -0.2) is 39.5 Å². The van der Waals surface area contributed by atoms with Crippen LogP contribution in [0.3, 0.4) is 0 Å². The van der Waals surface area contributed by atoms with E-state index < -0.39 is 0 Å². The average molecular weight is 315 g/mol. The van der Waals surface area contributed by atoms with Gasteiger partial charge >= 0.3 is 0 Å². The first-order valence-electron chi connectivity index (χ1n) is 9.12. The van der Waals surface area contributed by atoms with Crippen molar-refractivity contribution in [3.8, 4) is 0 Å². The van der Waals surface area contributed by atoms with Gasteiger partial charge in [0.05, 0.1) is 5.52 Å². The van der Waals surface area contributed by atoms with E-state index >= 15 is 0 Å². The number of nitrogen functional groups attached to an aromatic ring is 1. The number of aromatic nitrogens is 3. The molecule has 0 amide bonds. The fraction of sp³-hybridized carbons (Fsp3) is 0.667. The smallest absolute Gasteiger partial charge is 0.151 e. The summed E-state index contributed by atoms with van der Waals surface area (Å²) in [5.74, 6) is 1.47. The van der Waals surface area contributed by atoms with Crippen LogP contribution >= 0.6 is 0 Å². The number of likely N-dealkylation sites (tertiary alicyclic amines) is 1. The average Bonchev–Trinajstić information content (AvgIpc) is 2.90. The summed E-state index contributed by atoms with van der Waals surface area (Å²) >= 11 is 0. The second-order valence-corrected chi connectivity index (χ2v) is 6.67. The Morgan fingerprint density at radius 3 is 2.74 bits per heavy atom. The highest BCUT2D eigenvalue weighted by molar-refractivity contribution is 5.87. The van der Waals surface area contributed by atoms with Gasteiger partial charge in [0.1, 0.15) is 11.3 Å². The minimum Gasteiger partial charge on any atom is -0.382 e. The van der Waals surface area contributed by atoms with Gasteiger partial charge in [-0.15, -0.1) is 0 Å². The van der Waals surface area contributed by atoms with Gasteiger partial charge < -0.3 is 15.6 Å². The lowest BCUT2D eigenvalue weighted by Gasteiger charge is -2.30. The maximum absolute atomic E-state index is 6.09. The number of nitrogens with one attached hydrogen (secondary N) is 1. The molecule has 3 N–H and O–H groups in total. The zero-order chi connectivity index (χ0) is 16.1. The summed E-state index contributed by atoms with van der Waals surface area (Å²) in [5, 5.41) is 0. The van der Waals surface area contributed by atoms with Crippen LogP contribution in [0.1, 0.15) is 56.8 Å². The van der Waals surface area contributed by atoms with Crippen molar-refractivity contribution in [3.63, 3.8) is 0 Å². The van der Waals surface area contributed by atoms with Crippen molar-refractivity contribution >= 4 is 16.9 Å². The minimum atomic E-state index is 0.588. The molecule has 1 saturated heterocycles. The van der Waals surface area contributed by atoms with Crippen LogP contribution in [0.15, 0.2) is 6.20 Å². The molecule has 0 bridgehead atoms. The molecule has 1 aliphatic heterocycles. The van der Waals surface area contributed by atoms with Gasteiger partial charge in [-0.1, -0.05) is 19.8 Å². The number of hydrogen-bond donors (Lipinski definition) is 2. The first-order valence-corrected chi connectivity index (χ1v) is 9.12. The molecule has 126 valence electrons. The Kier molecular flexibility index (Phi) is 5.49. The highest BCUT2D eigenvalue weighted by Crippen LogP contribution is 2.22.